The maximum absolute atomic E-state index is 13.8. The molecule has 2 N–H and O–H groups in total. The number of aliphatic imine (C=N–C) groups is 1. The average Bonchev–Trinajstić information content (AvgIpc) is 3.14. The van der Waals surface area contributed by atoms with Crippen molar-refractivity contribution in [2.45, 2.75) is 38.7 Å². The van der Waals surface area contributed by atoms with E-state index in [1.807, 2.05) is 6.92 Å². The van der Waals surface area contributed by atoms with Gasteiger partial charge >= 0.3 is 0 Å². The molecule has 0 spiro atoms. The molecule has 2 saturated heterocycles. The summed E-state index contributed by atoms with van der Waals surface area (Å²) < 4.78 is 13.8. The smallest absolute Gasteiger partial charge is 0.194 e. The van der Waals surface area contributed by atoms with Crippen molar-refractivity contribution >= 4 is 5.96 Å². The zero-order valence-electron chi connectivity index (χ0n) is 16.4. The topological polar surface area (TPSA) is 51.1 Å². The van der Waals surface area contributed by atoms with Crippen molar-refractivity contribution in [2.75, 3.05) is 45.8 Å². The summed E-state index contributed by atoms with van der Waals surface area (Å²) >= 11 is 0. The molecule has 2 aliphatic rings. The summed E-state index contributed by atoms with van der Waals surface area (Å²) in [4.78, 5) is 9.48. The third-order valence-corrected chi connectivity index (χ3v) is 5.56. The Balaban J connectivity index is 1.56. The van der Waals surface area contributed by atoms with Gasteiger partial charge in [0.2, 0.25) is 0 Å². The Kier molecular flexibility index (Phi) is 7.47. The first-order chi connectivity index (χ1) is 13.2. The fourth-order valence-corrected chi connectivity index (χ4v) is 4.12. The predicted molar refractivity (Wildman–Crippen MR) is 107 cm³/mol. The molecule has 0 saturated carbocycles. The van der Waals surface area contributed by atoms with E-state index in [1.165, 1.54) is 51.4 Å². The van der Waals surface area contributed by atoms with Gasteiger partial charge in [0.05, 0.1) is 6.54 Å². The summed E-state index contributed by atoms with van der Waals surface area (Å²) in [6, 6.07) is 6.36. The van der Waals surface area contributed by atoms with Crippen molar-refractivity contribution in [2.24, 2.45) is 10.9 Å². The van der Waals surface area contributed by atoms with Gasteiger partial charge in [0, 0.05) is 31.7 Å². The minimum absolute atomic E-state index is 0.163. The van der Waals surface area contributed by atoms with Gasteiger partial charge in [-0.1, -0.05) is 24.6 Å². The highest BCUT2D eigenvalue weighted by Crippen LogP contribution is 2.21. The lowest BCUT2D eigenvalue weighted by Crippen LogP contribution is -2.41. The molecule has 6 heteroatoms. The number of nitrogens with one attached hydrogen (secondary N) is 1. The van der Waals surface area contributed by atoms with E-state index in [0.29, 0.717) is 11.5 Å². The van der Waals surface area contributed by atoms with Crippen molar-refractivity contribution in [3.05, 3.63) is 35.6 Å². The number of halogens is 1. The molecular weight excluding hydrogens is 343 g/mol. The third kappa shape index (κ3) is 5.66. The summed E-state index contributed by atoms with van der Waals surface area (Å²) in [6.45, 7) is 8.62. The van der Waals surface area contributed by atoms with Crippen LogP contribution < -0.4 is 5.32 Å². The van der Waals surface area contributed by atoms with Gasteiger partial charge in [-0.25, -0.2) is 4.39 Å². The molecule has 0 amide bonds. The number of nitrogens with zero attached hydrogens (tertiary/aromatic N) is 3. The van der Waals surface area contributed by atoms with Gasteiger partial charge < -0.3 is 20.2 Å². The van der Waals surface area contributed by atoms with E-state index < -0.39 is 6.10 Å². The molecule has 1 aromatic rings. The molecule has 0 bridgehead atoms. The van der Waals surface area contributed by atoms with Crippen LogP contribution in [0.25, 0.3) is 0 Å². The number of likely N-dealkylation sites (tertiary alicyclic amines) is 2. The van der Waals surface area contributed by atoms with Gasteiger partial charge in [0.25, 0.3) is 0 Å². The second-order valence-corrected chi connectivity index (χ2v) is 7.69. The molecule has 150 valence electrons. The quantitative estimate of drug-likeness (QED) is 0.592. The monoisotopic (exact) mass is 376 g/mol. The maximum Gasteiger partial charge on any atom is 0.194 e. The Bertz CT molecular complexity index is 618. The zero-order chi connectivity index (χ0) is 19.1. The summed E-state index contributed by atoms with van der Waals surface area (Å²) in [7, 11) is 0. The Morgan fingerprint density at radius 2 is 2.04 bits per heavy atom. The Hall–Kier alpha value is -1.66. The van der Waals surface area contributed by atoms with Crippen molar-refractivity contribution < 1.29 is 9.50 Å². The van der Waals surface area contributed by atoms with E-state index in [2.05, 4.69) is 20.1 Å². The van der Waals surface area contributed by atoms with Crippen LogP contribution in [0.1, 0.15) is 44.3 Å². The van der Waals surface area contributed by atoms with Crippen molar-refractivity contribution in [1.29, 1.82) is 0 Å². The number of hydrogen-bond donors (Lipinski definition) is 2. The van der Waals surface area contributed by atoms with Crippen molar-refractivity contribution in [1.82, 2.24) is 15.1 Å². The van der Waals surface area contributed by atoms with Gasteiger partial charge in [0.15, 0.2) is 5.96 Å². The Labute approximate surface area is 162 Å². The van der Waals surface area contributed by atoms with E-state index in [1.54, 1.807) is 18.2 Å². The second kappa shape index (κ2) is 10.0. The van der Waals surface area contributed by atoms with Gasteiger partial charge in [0.1, 0.15) is 11.9 Å². The number of piperidine rings is 1. The third-order valence-electron chi connectivity index (χ3n) is 5.56. The first kappa shape index (κ1) is 20.1. The molecule has 5 nitrogen and oxygen atoms in total. The Morgan fingerprint density at radius 1 is 1.26 bits per heavy atom. The van der Waals surface area contributed by atoms with E-state index in [9.17, 15) is 9.50 Å². The van der Waals surface area contributed by atoms with Crippen LogP contribution in [-0.4, -0.2) is 66.7 Å². The molecule has 2 unspecified atom stereocenters. The molecule has 2 atom stereocenters. The van der Waals surface area contributed by atoms with E-state index in [4.69, 9.17) is 0 Å². The van der Waals surface area contributed by atoms with Crippen LogP contribution in [0.15, 0.2) is 29.3 Å². The fourth-order valence-electron chi connectivity index (χ4n) is 4.12. The maximum atomic E-state index is 13.8. The van der Waals surface area contributed by atoms with Gasteiger partial charge in [-0.2, -0.15) is 0 Å². The number of guanidine groups is 1. The highest BCUT2D eigenvalue weighted by Gasteiger charge is 2.27. The molecular formula is C21H33FN4O. The van der Waals surface area contributed by atoms with E-state index in [-0.39, 0.29) is 12.4 Å². The molecule has 2 heterocycles. The van der Waals surface area contributed by atoms with Crippen LogP contribution in [0.2, 0.25) is 0 Å². The number of hydrogen-bond acceptors (Lipinski definition) is 3. The molecule has 0 aliphatic carbocycles. The number of aliphatic hydroxyl groups excluding tert-OH is 1. The number of rotatable bonds is 6. The molecule has 2 fully saturated rings. The lowest BCUT2D eigenvalue weighted by atomic mass is 10.1. The normalized spacial score (nSPS) is 22.9. The molecule has 0 aromatic heterocycles. The number of benzene rings is 1. The van der Waals surface area contributed by atoms with Gasteiger partial charge in [-0.3, -0.25) is 4.99 Å². The molecule has 3 rings (SSSR count). The number of aliphatic hydroxyl groups is 1. The molecule has 2 aliphatic heterocycles. The summed E-state index contributed by atoms with van der Waals surface area (Å²) in [5.41, 5.74) is 0.307. The summed E-state index contributed by atoms with van der Waals surface area (Å²) in [5, 5.41) is 13.7. The predicted octanol–water partition coefficient (Wildman–Crippen LogP) is 2.63. The van der Waals surface area contributed by atoms with Gasteiger partial charge in [-0.15, -0.1) is 0 Å². The minimum atomic E-state index is -0.924. The van der Waals surface area contributed by atoms with Crippen LogP contribution in [-0.2, 0) is 0 Å². The summed E-state index contributed by atoms with van der Waals surface area (Å²) in [5.74, 6) is 1.12. The molecule has 0 radical (unpaired) electrons. The van der Waals surface area contributed by atoms with E-state index in [0.717, 1.165) is 25.6 Å². The van der Waals surface area contributed by atoms with Crippen LogP contribution in [0.5, 0.6) is 0 Å². The van der Waals surface area contributed by atoms with Crippen LogP contribution in [0, 0.1) is 11.7 Å². The first-order valence-electron chi connectivity index (χ1n) is 10.4. The second-order valence-electron chi connectivity index (χ2n) is 7.69. The van der Waals surface area contributed by atoms with Crippen molar-refractivity contribution in [3.63, 3.8) is 0 Å². The lowest BCUT2D eigenvalue weighted by molar-refractivity contribution is 0.181. The highest BCUT2D eigenvalue weighted by molar-refractivity contribution is 5.80. The van der Waals surface area contributed by atoms with Gasteiger partial charge in [-0.05, 0) is 51.3 Å². The average molecular weight is 377 g/mol. The largest absolute Gasteiger partial charge is 0.386 e. The summed E-state index contributed by atoms with van der Waals surface area (Å²) in [6.07, 6.45) is 4.28. The minimum Gasteiger partial charge on any atom is -0.386 e. The van der Waals surface area contributed by atoms with Crippen molar-refractivity contribution in [3.8, 4) is 0 Å². The molecule has 1 aromatic carbocycles. The zero-order valence-corrected chi connectivity index (χ0v) is 16.4. The van der Waals surface area contributed by atoms with Crippen LogP contribution >= 0.6 is 0 Å². The molecule has 27 heavy (non-hydrogen) atoms. The standard InChI is InChI=1S/C21H33FN4O/c1-2-23-21(24-14-20(27)18-8-4-5-9-19(18)22)26-13-10-17(16-26)15-25-11-6-3-7-12-25/h4-5,8-9,17,20,27H,2-3,6-7,10-16H2,1H3,(H,23,24). The fraction of sp³-hybridized carbons (Fsp3) is 0.667. The lowest BCUT2D eigenvalue weighted by Gasteiger charge is -2.29. The van der Waals surface area contributed by atoms with E-state index >= 15 is 0 Å². The van der Waals surface area contributed by atoms with Crippen LogP contribution in [0.3, 0.4) is 0 Å². The first-order valence-corrected chi connectivity index (χ1v) is 10.4. The Morgan fingerprint density at radius 3 is 2.78 bits per heavy atom. The van der Waals surface area contributed by atoms with Crippen LogP contribution in [0.4, 0.5) is 4.39 Å². The highest BCUT2D eigenvalue weighted by atomic mass is 19.1. The SMILES string of the molecule is CCNC(=NCC(O)c1ccccc1F)N1CCC(CN2CCCCC2)C1.